The third-order valence-corrected chi connectivity index (χ3v) is 1.56. The summed E-state index contributed by atoms with van der Waals surface area (Å²) in [4.78, 5) is 15.4. The van der Waals surface area contributed by atoms with E-state index < -0.39 is 5.97 Å². The highest BCUT2D eigenvalue weighted by Crippen LogP contribution is 2.14. The van der Waals surface area contributed by atoms with Crippen molar-refractivity contribution in [2.45, 2.75) is 0 Å². The molecule has 0 bridgehead atoms. The lowest BCUT2D eigenvalue weighted by Gasteiger charge is -2.01. The summed E-state index contributed by atoms with van der Waals surface area (Å²) in [6, 6.07) is 4.68. The highest BCUT2D eigenvalue weighted by molar-refractivity contribution is 5.94. The smallest absolute Gasteiger partial charge is 0.338 e. The summed E-state index contributed by atoms with van der Waals surface area (Å²) in [5, 5.41) is 8.72. The first-order valence-corrected chi connectivity index (χ1v) is 3.64. The van der Waals surface area contributed by atoms with Crippen LogP contribution in [0.25, 0.3) is 0 Å². The second-order valence-electron chi connectivity index (χ2n) is 2.51. The van der Waals surface area contributed by atoms with Gasteiger partial charge in [0.1, 0.15) is 0 Å². The van der Waals surface area contributed by atoms with Crippen LogP contribution in [0.1, 0.15) is 10.4 Å². The van der Waals surface area contributed by atoms with Crippen molar-refractivity contribution < 1.29 is 20.2 Å². The van der Waals surface area contributed by atoms with Crippen molar-refractivity contribution >= 4 is 17.3 Å². The minimum absolute atomic E-state index is 0.0887. The number of hydrogen-bond donors (Lipinski definition) is 3. The maximum atomic E-state index is 10.6. The lowest BCUT2D eigenvalue weighted by atomic mass is 10.1. The van der Waals surface area contributed by atoms with E-state index in [2.05, 4.69) is 0 Å². The van der Waals surface area contributed by atoms with Crippen molar-refractivity contribution in [2.75, 3.05) is 12.8 Å². The van der Waals surface area contributed by atoms with Crippen LogP contribution in [0.15, 0.2) is 18.2 Å². The largest absolute Gasteiger partial charge is 0.478 e. The molecule has 0 spiro atoms. The van der Waals surface area contributed by atoms with Crippen molar-refractivity contribution in [3.05, 3.63) is 23.8 Å². The first kappa shape index (κ1) is 9.50. The monoisotopic (exact) mass is 183 g/mol. The van der Waals surface area contributed by atoms with Gasteiger partial charge in [-0.15, -0.1) is 0 Å². The number of carbonyl (C=O) groups is 1. The first-order valence-electron chi connectivity index (χ1n) is 3.64. The molecule has 5 N–H and O–H groups in total. The summed E-state index contributed by atoms with van der Waals surface area (Å²) in [5.74, 6) is -1.04. The van der Waals surface area contributed by atoms with E-state index in [4.69, 9.17) is 15.7 Å². The van der Waals surface area contributed by atoms with Gasteiger partial charge in [-0.05, 0) is 6.07 Å². The van der Waals surface area contributed by atoms with E-state index in [1.54, 1.807) is 6.07 Å². The van der Waals surface area contributed by atoms with Crippen LogP contribution in [0, 0.1) is 0 Å². The molecule has 0 aliphatic heterocycles. The Hall–Kier alpha value is -1.59. The molecule has 0 unspecified atom stereocenters. The minimum Gasteiger partial charge on any atom is -0.478 e. The maximum Gasteiger partial charge on any atom is 0.338 e. The first-order chi connectivity index (χ1) is 6.15. The molecule has 0 aliphatic carbocycles. The van der Waals surface area contributed by atoms with Gasteiger partial charge in [-0.1, -0.05) is 0 Å². The summed E-state index contributed by atoms with van der Waals surface area (Å²) in [7, 11) is 1.50. The quantitative estimate of drug-likeness (QED) is 0.444. The van der Waals surface area contributed by atoms with Gasteiger partial charge in [0.05, 0.1) is 12.7 Å². The van der Waals surface area contributed by atoms with E-state index in [-0.39, 0.29) is 11.3 Å². The lowest BCUT2D eigenvalue weighted by molar-refractivity contribution is -0.830. The van der Waals surface area contributed by atoms with Crippen LogP contribution in [0.4, 0.5) is 11.4 Å². The summed E-state index contributed by atoms with van der Waals surface area (Å²) < 4.78 is 0. The molecule has 0 saturated heterocycles. The Morgan fingerprint density at radius 1 is 1.62 bits per heavy atom. The molecule has 0 aromatic heterocycles. The van der Waals surface area contributed by atoms with E-state index in [9.17, 15) is 4.79 Å². The van der Waals surface area contributed by atoms with Crippen LogP contribution in [-0.4, -0.2) is 18.2 Å². The predicted molar refractivity (Wildman–Crippen MR) is 46.4 cm³/mol. The predicted octanol–water partition coefficient (Wildman–Crippen LogP) is -0.277. The van der Waals surface area contributed by atoms with E-state index in [1.807, 2.05) is 0 Å². The lowest BCUT2D eigenvalue weighted by Crippen LogP contribution is -2.75. The van der Waals surface area contributed by atoms with E-state index in [1.165, 1.54) is 24.7 Å². The Morgan fingerprint density at radius 3 is 2.85 bits per heavy atom. The molecule has 0 fully saturated rings. The number of hydrogen-bond acceptors (Lipinski definition) is 3. The number of carboxylic acids is 1. The van der Waals surface area contributed by atoms with Crippen LogP contribution in [0.3, 0.4) is 0 Å². The number of aromatic carboxylic acids is 1. The molecule has 1 aromatic rings. The number of benzene rings is 1. The molecule has 0 radical (unpaired) electrons. The zero-order chi connectivity index (χ0) is 9.84. The molecule has 5 heteroatoms. The van der Waals surface area contributed by atoms with Crippen molar-refractivity contribution in [3.63, 3.8) is 0 Å². The second-order valence-corrected chi connectivity index (χ2v) is 2.51. The number of carboxylic acid groups (broad SMARTS) is 1. The normalized spacial score (nSPS) is 9.92. The van der Waals surface area contributed by atoms with E-state index in [0.29, 0.717) is 5.69 Å². The van der Waals surface area contributed by atoms with E-state index >= 15 is 0 Å². The molecule has 5 nitrogen and oxygen atoms in total. The average Bonchev–Trinajstić information content (AvgIpc) is 2.08. The molecule has 70 valence electrons. The summed E-state index contributed by atoms with van der Waals surface area (Å²) >= 11 is 0. The second kappa shape index (κ2) is 3.88. The molecule has 1 rings (SSSR count). The fourth-order valence-electron chi connectivity index (χ4n) is 0.968. The Balaban J connectivity index is 3.04. The molecule has 0 saturated carbocycles. The summed E-state index contributed by atoms with van der Waals surface area (Å²) in [6.07, 6.45) is 0. The summed E-state index contributed by atoms with van der Waals surface area (Å²) in [5.41, 5.74) is 7.92. The highest BCUT2D eigenvalue weighted by Gasteiger charge is 2.09. The van der Waals surface area contributed by atoms with Gasteiger partial charge in [0.2, 0.25) is 0 Å². The van der Waals surface area contributed by atoms with Gasteiger partial charge >= 0.3 is 5.97 Å². The number of anilines is 1. The van der Waals surface area contributed by atoms with Crippen LogP contribution in [-0.2, 0) is 4.84 Å². The molecule has 13 heavy (non-hydrogen) atoms. The van der Waals surface area contributed by atoms with Gasteiger partial charge in [-0.2, -0.15) is 5.48 Å². The highest BCUT2D eigenvalue weighted by atomic mass is 16.6. The molecule has 0 heterocycles. The average molecular weight is 183 g/mol. The Morgan fingerprint density at radius 2 is 2.31 bits per heavy atom. The van der Waals surface area contributed by atoms with Gasteiger partial charge < -0.3 is 10.8 Å². The van der Waals surface area contributed by atoms with E-state index in [0.717, 1.165) is 0 Å². The SMILES string of the molecule is CO[NH2+]c1ccc(N)c(C(=O)O)c1. The molecular weight excluding hydrogens is 172 g/mol. The molecule has 0 aliphatic rings. The van der Waals surface area contributed by atoms with Gasteiger partial charge in [0, 0.05) is 17.8 Å². The van der Waals surface area contributed by atoms with Crippen LogP contribution in [0.2, 0.25) is 0 Å². The number of rotatable bonds is 3. The minimum atomic E-state index is -1.04. The van der Waals surface area contributed by atoms with Crippen molar-refractivity contribution in [1.29, 1.82) is 0 Å². The topological polar surface area (TPSA) is 89.2 Å². The van der Waals surface area contributed by atoms with Crippen LogP contribution < -0.4 is 11.2 Å². The Kier molecular flexibility index (Phi) is 2.84. The standard InChI is InChI=1S/C8H10N2O3/c1-13-10-5-2-3-7(9)6(4-5)8(11)12/h2-4,10H,9H2,1H3,(H,11,12)/p+1. The molecular formula is C8H11N2O3+. The fraction of sp³-hybridized carbons (Fsp3) is 0.125. The zero-order valence-electron chi connectivity index (χ0n) is 7.15. The molecule has 0 amide bonds. The molecule has 1 aromatic carbocycles. The van der Waals surface area contributed by atoms with Crippen LogP contribution >= 0.6 is 0 Å². The Labute approximate surface area is 75.1 Å². The number of quaternary nitrogens is 1. The fourth-order valence-corrected chi connectivity index (χ4v) is 0.968. The van der Waals surface area contributed by atoms with Crippen molar-refractivity contribution in [2.24, 2.45) is 0 Å². The van der Waals surface area contributed by atoms with Crippen LogP contribution in [0.5, 0.6) is 0 Å². The molecule has 0 atom stereocenters. The number of nitrogen functional groups attached to an aromatic ring is 1. The van der Waals surface area contributed by atoms with Gasteiger partial charge in [-0.25, -0.2) is 9.63 Å². The Bertz CT molecular complexity index is 325. The third-order valence-electron chi connectivity index (χ3n) is 1.56. The maximum absolute atomic E-state index is 10.6. The van der Waals surface area contributed by atoms with Gasteiger partial charge in [-0.3, -0.25) is 0 Å². The number of nitrogens with two attached hydrogens (primary N) is 2. The zero-order valence-corrected chi connectivity index (χ0v) is 7.15. The van der Waals surface area contributed by atoms with Gasteiger partial charge in [0.25, 0.3) is 0 Å². The van der Waals surface area contributed by atoms with Crippen molar-refractivity contribution in [3.8, 4) is 0 Å². The van der Waals surface area contributed by atoms with Gasteiger partial charge in [0.15, 0.2) is 5.69 Å². The summed E-state index contributed by atoms with van der Waals surface area (Å²) in [6.45, 7) is 0. The van der Waals surface area contributed by atoms with Crippen molar-refractivity contribution in [1.82, 2.24) is 0 Å². The third kappa shape index (κ3) is 2.17.